The molecule has 0 saturated heterocycles. The first-order valence-electron chi connectivity index (χ1n) is 6.18. The van der Waals surface area contributed by atoms with Gasteiger partial charge in [0.05, 0.1) is 0 Å². The van der Waals surface area contributed by atoms with Crippen molar-refractivity contribution in [2.75, 3.05) is 0 Å². The highest BCUT2D eigenvalue weighted by molar-refractivity contribution is 5.03. The van der Waals surface area contributed by atoms with Crippen LogP contribution in [0.25, 0.3) is 0 Å². The van der Waals surface area contributed by atoms with Crippen LogP contribution in [0.2, 0.25) is 0 Å². The van der Waals surface area contributed by atoms with E-state index >= 15 is 0 Å². The Hall–Kier alpha value is -1.04. The Morgan fingerprint density at radius 3 is 2.25 bits per heavy atom. The van der Waals surface area contributed by atoms with Gasteiger partial charge < -0.3 is 0 Å². The lowest BCUT2D eigenvalue weighted by Gasteiger charge is -2.19. The van der Waals surface area contributed by atoms with Crippen molar-refractivity contribution in [3.05, 3.63) is 49.6 Å². The largest absolute Gasteiger partial charge is 0.103 e. The van der Waals surface area contributed by atoms with Crippen molar-refractivity contribution in [3.8, 4) is 0 Å². The highest BCUT2D eigenvalue weighted by Crippen LogP contribution is 2.23. The first-order valence-corrected chi connectivity index (χ1v) is 6.18. The van der Waals surface area contributed by atoms with Gasteiger partial charge in [-0.25, -0.2) is 0 Å². The minimum atomic E-state index is 0.523. The molecule has 0 N–H and O–H groups in total. The normalized spacial score (nSPS) is 15.8. The molecule has 0 aromatic rings. The van der Waals surface area contributed by atoms with E-state index in [4.69, 9.17) is 0 Å². The van der Waals surface area contributed by atoms with Crippen LogP contribution in [0.15, 0.2) is 49.6 Å². The minimum Gasteiger partial charge on any atom is -0.103 e. The zero-order chi connectivity index (χ0) is 12.4. The average Bonchev–Trinajstić information content (AvgIpc) is 2.25. The predicted molar refractivity (Wildman–Crippen MR) is 75.4 cm³/mol. The highest BCUT2D eigenvalue weighted by Gasteiger charge is 2.12. The molecule has 90 valence electrons. The quantitative estimate of drug-likeness (QED) is 0.494. The van der Waals surface area contributed by atoms with Crippen molar-refractivity contribution in [3.63, 3.8) is 0 Å². The van der Waals surface area contributed by atoms with Crippen molar-refractivity contribution in [2.24, 2.45) is 17.8 Å². The first-order chi connectivity index (χ1) is 7.65. The molecule has 0 heterocycles. The Kier molecular flexibility index (Phi) is 8.61. The molecule has 0 aliphatic carbocycles. The molecule has 2 atom stereocenters. The van der Waals surface area contributed by atoms with E-state index in [2.05, 4.69) is 64.3 Å². The summed E-state index contributed by atoms with van der Waals surface area (Å²) in [4.78, 5) is 0. The zero-order valence-corrected chi connectivity index (χ0v) is 11.0. The van der Waals surface area contributed by atoms with Crippen LogP contribution >= 0.6 is 0 Å². The van der Waals surface area contributed by atoms with Gasteiger partial charge in [-0.05, 0) is 37.5 Å². The van der Waals surface area contributed by atoms with Crippen molar-refractivity contribution in [2.45, 2.75) is 33.6 Å². The van der Waals surface area contributed by atoms with Crippen molar-refractivity contribution < 1.29 is 0 Å². The SMILES string of the molecule is C=CCC=CC(C=CC)CC(C=C)C(C)C. The van der Waals surface area contributed by atoms with E-state index < -0.39 is 0 Å². The van der Waals surface area contributed by atoms with Gasteiger partial charge >= 0.3 is 0 Å². The Balaban J connectivity index is 4.41. The van der Waals surface area contributed by atoms with Crippen LogP contribution < -0.4 is 0 Å². The topological polar surface area (TPSA) is 0 Å². The number of allylic oxidation sites excluding steroid dienone is 6. The molecule has 16 heavy (non-hydrogen) atoms. The molecule has 0 nitrogen and oxygen atoms in total. The average molecular weight is 218 g/mol. The fraction of sp³-hybridized carbons (Fsp3) is 0.500. The molecule has 2 unspecified atom stereocenters. The van der Waals surface area contributed by atoms with Gasteiger partial charge in [0, 0.05) is 0 Å². The smallest absolute Gasteiger partial charge is 0.00478 e. The zero-order valence-electron chi connectivity index (χ0n) is 11.0. The lowest BCUT2D eigenvalue weighted by atomic mass is 9.86. The molecule has 0 saturated carbocycles. The molecule has 0 spiro atoms. The van der Waals surface area contributed by atoms with Gasteiger partial charge in [-0.2, -0.15) is 0 Å². The second-order valence-corrected chi connectivity index (χ2v) is 4.52. The number of rotatable bonds is 8. The fourth-order valence-electron chi connectivity index (χ4n) is 1.77. The molecular formula is C16H26. The Morgan fingerprint density at radius 2 is 1.81 bits per heavy atom. The van der Waals surface area contributed by atoms with E-state index in [0.717, 1.165) is 12.8 Å². The lowest BCUT2D eigenvalue weighted by molar-refractivity contribution is 0.412. The van der Waals surface area contributed by atoms with Gasteiger partial charge in [0.1, 0.15) is 0 Å². The molecule has 0 bridgehead atoms. The molecule has 0 heteroatoms. The van der Waals surface area contributed by atoms with Crippen LogP contribution in [0.1, 0.15) is 33.6 Å². The summed E-state index contributed by atoms with van der Waals surface area (Å²) < 4.78 is 0. The van der Waals surface area contributed by atoms with Gasteiger partial charge in [0.25, 0.3) is 0 Å². The molecule has 0 rings (SSSR count). The third-order valence-electron chi connectivity index (χ3n) is 2.83. The summed E-state index contributed by atoms with van der Waals surface area (Å²) in [5, 5.41) is 0. The second kappa shape index (κ2) is 9.21. The second-order valence-electron chi connectivity index (χ2n) is 4.52. The summed E-state index contributed by atoms with van der Waals surface area (Å²) in [5.41, 5.74) is 0. The van der Waals surface area contributed by atoms with E-state index in [-0.39, 0.29) is 0 Å². The third kappa shape index (κ3) is 6.44. The first kappa shape index (κ1) is 15.0. The van der Waals surface area contributed by atoms with Crippen molar-refractivity contribution in [1.29, 1.82) is 0 Å². The van der Waals surface area contributed by atoms with E-state index in [9.17, 15) is 0 Å². The summed E-state index contributed by atoms with van der Waals surface area (Å²) in [5.74, 6) is 1.78. The fourth-order valence-corrected chi connectivity index (χ4v) is 1.77. The van der Waals surface area contributed by atoms with Crippen LogP contribution in [-0.4, -0.2) is 0 Å². The maximum absolute atomic E-state index is 3.93. The predicted octanol–water partition coefficient (Wildman–Crippen LogP) is 5.16. The van der Waals surface area contributed by atoms with Gasteiger partial charge in [0.15, 0.2) is 0 Å². The van der Waals surface area contributed by atoms with E-state index in [1.807, 2.05) is 6.08 Å². The van der Waals surface area contributed by atoms with Gasteiger partial charge in [0.2, 0.25) is 0 Å². The monoisotopic (exact) mass is 218 g/mol. The highest BCUT2D eigenvalue weighted by atomic mass is 14.2. The number of hydrogen-bond donors (Lipinski definition) is 0. The standard InChI is InChI=1S/C16H26/c1-6-9-10-12-15(11-7-2)13-16(8-3)14(4)5/h6-8,10-12,14-16H,1,3,9,13H2,2,4-5H3. The van der Waals surface area contributed by atoms with Gasteiger partial charge in [-0.1, -0.05) is 50.3 Å². The van der Waals surface area contributed by atoms with Crippen molar-refractivity contribution in [1.82, 2.24) is 0 Å². The maximum atomic E-state index is 3.93. The molecule has 0 amide bonds. The van der Waals surface area contributed by atoms with Crippen molar-refractivity contribution >= 4 is 0 Å². The molecule has 0 fully saturated rings. The summed E-state index contributed by atoms with van der Waals surface area (Å²) in [6, 6.07) is 0. The van der Waals surface area contributed by atoms with Crippen LogP contribution in [0.3, 0.4) is 0 Å². The van der Waals surface area contributed by atoms with Crippen LogP contribution in [-0.2, 0) is 0 Å². The van der Waals surface area contributed by atoms with Gasteiger partial charge in [-0.15, -0.1) is 13.2 Å². The van der Waals surface area contributed by atoms with Crippen LogP contribution in [0.4, 0.5) is 0 Å². The molecule has 0 aromatic carbocycles. The summed E-state index contributed by atoms with van der Waals surface area (Å²) in [6.45, 7) is 14.2. The lowest BCUT2D eigenvalue weighted by Crippen LogP contribution is -2.09. The Bertz CT molecular complexity index is 243. The summed E-state index contributed by atoms with van der Waals surface area (Å²) in [6.07, 6.45) is 15.0. The summed E-state index contributed by atoms with van der Waals surface area (Å²) >= 11 is 0. The third-order valence-corrected chi connectivity index (χ3v) is 2.83. The molecule has 0 radical (unpaired) electrons. The van der Waals surface area contributed by atoms with Gasteiger partial charge in [-0.3, -0.25) is 0 Å². The molecule has 0 aliphatic rings. The van der Waals surface area contributed by atoms with Crippen LogP contribution in [0, 0.1) is 17.8 Å². The van der Waals surface area contributed by atoms with Crippen LogP contribution in [0.5, 0.6) is 0 Å². The Morgan fingerprint density at radius 1 is 1.12 bits per heavy atom. The van der Waals surface area contributed by atoms with E-state index in [1.165, 1.54) is 0 Å². The molecule has 0 aliphatic heterocycles. The maximum Gasteiger partial charge on any atom is -0.00478 e. The number of hydrogen-bond acceptors (Lipinski definition) is 0. The minimum absolute atomic E-state index is 0.523. The summed E-state index contributed by atoms with van der Waals surface area (Å²) in [7, 11) is 0. The van der Waals surface area contributed by atoms with E-state index in [0.29, 0.717) is 17.8 Å². The van der Waals surface area contributed by atoms with E-state index in [1.54, 1.807) is 0 Å². The molecule has 0 aromatic heterocycles. The molecular weight excluding hydrogens is 192 g/mol. The Labute approximate surface area is 101 Å².